The lowest BCUT2D eigenvalue weighted by Crippen LogP contribution is -2.16. The van der Waals surface area contributed by atoms with Crippen molar-refractivity contribution in [1.82, 2.24) is 5.43 Å². The van der Waals surface area contributed by atoms with Crippen LogP contribution in [-0.4, -0.2) is 17.0 Å². The normalized spacial score (nSPS) is 9.94. The zero-order valence-corrected chi connectivity index (χ0v) is 8.99. The quantitative estimate of drug-likeness (QED) is 0.455. The number of amides is 1. The molecule has 0 bridgehead atoms. The number of carbonyl (C=O) groups excluding carboxylic acids is 1. The molecule has 1 N–H and O–H groups in total. The highest BCUT2D eigenvalue weighted by Gasteiger charge is 2.05. The van der Waals surface area contributed by atoms with Crippen molar-refractivity contribution in [2.75, 3.05) is 0 Å². The molecule has 0 aliphatic carbocycles. The summed E-state index contributed by atoms with van der Waals surface area (Å²) >= 11 is 0. The Kier molecular flexibility index (Phi) is 4.34. The summed E-state index contributed by atoms with van der Waals surface area (Å²) in [5.74, 6) is -1.09. The van der Waals surface area contributed by atoms with Crippen LogP contribution in [0, 0.1) is 21.4 Å². The molecule has 18 heavy (non-hydrogen) atoms. The van der Waals surface area contributed by atoms with Gasteiger partial charge in [-0.25, -0.2) is 5.43 Å². The van der Waals surface area contributed by atoms with Crippen molar-refractivity contribution in [2.45, 2.75) is 6.42 Å². The predicted molar refractivity (Wildman–Crippen MR) is 58.5 cm³/mol. The number of nitrogens with one attached hydrogen (secondary N) is 1. The van der Waals surface area contributed by atoms with Gasteiger partial charge in [-0.3, -0.25) is 14.9 Å². The maximum Gasteiger partial charge on any atom is 0.270 e. The largest absolute Gasteiger partial charge is 0.872 e. The fraction of sp³-hybridized carbons (Fsp3) is 0.100. The number of hydrogen-bond acceptors (Lipinski definition) is 6. The summed E-state index contributed by atoms with van der Waals surface area (Å²) in [5, 5.41) is 33.4. The van der Waals surface area contributed by atoms with Crippen LogP contribution in [0.3, 0.4) is 0 Å². The van der Waals surface area contributed by atoms with E-state index in [0.29, 0.717) is 0 Å². The molecular weight excluding hydrogens is 240 g/mol. The van der Waals surface area contributed by atoms with Gasteiger partial charge in [0.1, 0.15) is 6.42 Å². The van der Waals surface area contributed by atoms with Crippen molar-refractivity contribution >= 4 is 17.8 Å². The Morgan fingerprint density at radius 1 is 1.61 bits per heavy atom. The monoisotopic (exact) mass is 247 g/mol. The Labute approximate surface area is 101 Å². The molecule has 0 fully saturated rings. The number of nitrogens with zero attached hydrogens (tertiary/aromatic N) is 3. The van der Waals surface area contributed by atoms with E-state index in [-0.39, 0.29) is 17.7 Å². The molecule has 0 saturated carbocycles. The molecule has 1 rings (SSSR count). The van der Waals surface area contributed by atoms with E-state index in [9.17, 15) is 20.0 Å². The first-order valence-corrected chi connectivity index (χ1v) is 4.69. The average molecular weight is 247 g/mol. The van der Waals surface area contributed by atoms with Crippen LogP contribution < -0.4 is 10.5 Å². The van der Waals surface area contributed by atoms with Crippen molar-refractivity contribution in [1.29, 1.82) is 5.26 Å². The first-order valence-electron chi connectivity index (χ1n) is 4.69. The molecule has 8 heteroatoms. The second-order valence-corrected chi connectivity index (χ2v) is 3.11. The third-order valence-corrected chi connectivity index (χ3v) is 1.84. The minimum absolute atomic E-state index is 0.0264. The number of benzene rings is 1. The topological polar surface area (TPSA) is 131 Å². The summed E-state index contributed by atoms with van der Waals surface area (Å²) < 4.78 is 0. The fourth-order valence-corrected chi connectivity index (χ4v) is 1.04. The lowest BCUT2D eigenvalue weighted by molar-refractivity contribution is -0.385. The molecule has 92 valence electrons. The molecule has 8 nitrogen and oxygen atoms in total. The van der Waals surface area contributed by atoms with Crippen molar-refractivity contribution in [3.05, 3.63) is 33.9 Å². The number of hydrazone groups is 1. The van der Waals surface area contributed by atoms with Crippen LogP contribution in [0.5, 0.6) is 5.75 Å². The predicted octanol–water partition coefficient (Wildman–Crippen LogP) is 0.0322. The zero-order valence-electron chi connectivity index (χ0n) is 8.99. The standard InChI is InChI=1S/C10H8N4O4/c11-4-3-10(16)13-12-6-7-5-8(14(17)18)1-2-9(7)15/h1-2,5-6,15H,3H2,(H,13,16)/p-1/b12-6-. The third kappa shape index (κ3) is 3.57. The van der Waals surface area contributed by atoms with Crippen LogP contribution in [0.2, 0.25) is 0 Å². The van der Waals surface area contributed by atoms with Crippen molar-refractivity contribution in [3.8, 4) is 11.8 Å². The summed E-state index contributed by atoms with van der Waals surface area (Å²) in [5.41, 5.74) is 1.73. The highest BCUT2D eigenvalue weighted by molar-refractivity contribution is 5.86. The van der Waals surface area contributed by atoms with E-state index >= 15 is 0 Å². The van der Waals surface area contributed by atoms with Gasteiger partial charge in [-0.05, 0) is 5.56 Å². The Hall–Kier alpha value is -2.95. The average Bonchev–Trinajstić information content (AvgIpc) is 2.31. The van der Waals surface area contributed by atoms with Crippen LogP contribution in [0.1, 0.15) is 12.0 Å². The molecule has 1 amide bonds. The Bertz CT molecular complexity index is 547. The number of nitro benzene ring substituents is 1. The molecule has 0 aliphatic rings. The Morgan fingerprint density at radius 3 is 2.94 bits per heavy atom. The van der Waals surface area contributed by atoms with Gasteiger partial charge in [0.2, 0.25) is 0 Å². The first-order chi connectivity index (χ1) is 8.54. The second kappa shape index (κ2) is 5.95. The van der Waals surface area contributed by atoms with Gasteiger partial charge in [0.05, 0.1) is 17.2 Å². The molecule has 0 radical (unpaired) electrons. The highest BCUT2D eigenvalue weighted by Crippen LogP contribution is 2.18. The molecule has 1 aromatic carbocycles. The van der Waals surface area contributed by atoms with Gasteiger partial charge in [0.25, 0.3) is 11.6 Å². The van der Waals surface area contributed by atoms with Crippen LogP contribution in [0.15, 0.2) is 23.3 Å². The van der Waals surface area contributed by atoms with E-state index in [2.05, 4.69) is 5.10 Å². The number of rotatable bonds is 4. The Balaban J connectivity index is 2.81. The van der Waals surface area contributed by atoms with Crippen molar-refractivity contribution in [3.63, 3.8) is 0 Å². The molecule has 0 aliphatic heterocycles. The van der Waals surface area contributed by atoms with E-state index in [1.165, 1.54) is 0 Å². The van der Waals surface area contributed by atoms with Gasteiger partial charge in [0, 0.05) is 12.1 Å². The smallest absolute Gasteiger partial charge is 0.270 e. The van der Waals surface area contributed by atoms with Crippen molar-refractivity contribution < 1.29 is 14.8 Å². The molecular formula is C10H7N4O4-. The second-order valence-electron chi connectivity index (χ2n) is 3.11. The third-order valence-electron chi connectivity index (χ3n) is 1.84. The summed E-state index contributed by atoms with van der Waals surface area (Å²) in [6, 6.07) is 4.77. The van der Waals surface area contributed by atoms with Gasteiger partial charge in [-0.2, -0.15) is 10.4 Å². The van der Waals surface area contributed by atoms with E-state index in [1.54, 1.807) is 6.07 Å². The maximum absolute atomic E-state index is 11.3. The molecule has 0 heterocycles. The van der Waals surface area contributed by atoms with Gasteiger partial charge < -0.3 is 5.11 Å². The molecule has 0 atom stereocenters. The minimum Gasteiger partial charge on any atom is -0.872 e. The highest BCUT2D eigenvalue weighted by atomic mass is 16.6. The van der Waals surface area contributed by atoms with Crippen LogP contribution >= 0.6 is 0 Å². The SMILES string of the molecule is N#CCC(=O)N/N=C\c1cc([N+](=O)[O-])ccc1[O-]. The molecule has 0 spiro atoms. The fourth-order valence-electron chi connectivity index (χ4n) is 1.04. The molecule has 0 aromatic heterocycles. The number of nitriles is 1. The van der Waals surface area contributed by atoms with E-state index in [4.69, 9.17) is 5.26 Å². The molecule has 1 aromatic rings. The number of nitro groups is 1. The number of hydrogen-bond donors (Lipinski definition) is 1. The van der Waals surface area contributed by atoms with Gasteiger partial charge in [-0.15, -0.1) is 0 Å². The lowest BCUT2D eigenvalue weighted by atomic mass is 10.2. The van der Waals surface area contributed by atoms with Gasteiger partial charge in [0.15, 0.2) is 0 Å². The summed E-state index contributed by atoms with van der Waals surface area (Å²) in [6.07, 6.45) is 0.626. The Morgan fingerprint density at radius 2 is 2.33 bits per heavy atom. The lowest BCUT2D eigenvalue weighted by Gasteiger charge is -2.08. The summed E-state index contributed by atoms with van der Waals surface area (Å²) in [4.78, 5) is 20.7. The van der Waals surface area contributed by atoms with E-state index in [1.807, 2.05) is 5.43 Å². The first kappa shape index (κ1) is 13.1. The van der Waals surface area contributed by atoms with Gasteiger partial charge >= 0.3 is 0 Å². The summed E-state index contributed by atoms with van der Waals surface area (Å²) in [7, 11) is 0. The number of non-ortho nitro benzene ring substituents is 1. The van der Waals surface area contributed by atoms with Gasteiger partial charge in [-0.1, -0.05) is 11.8 Å². The molecule has 0 saturated heterocycles. The van der Waals surface area contributed by atoms with E-state index < -0.39 is 16.6 Å². The summed E-state index contributed by atoms with van der Waals surface area (Å²) in [6.45, 7) is 0. The van der Waals surface area contributed by atoms with Crippen molar-refractivity contribution in [2.24, 2.45) is 5.10 Å². The van der Waals surface area contributed by atoms with Crippen LogP contribution in [0.25, 0.3) is 0 Å². The minimum atomic E-state index is -0.648. The maximum atomic E-state index is 11.3. The molecule has 0 unspecified atom stereocenters. The van der Waals surface area contributed by atoms with E-state index in [0.717, 1.165) is 24.4 Å². The van der Waals surface area contributed by atoms with Crippen LogP contribution in [0.4, 0.5) is 5.69 Å². The van der Waals surface area contributed by atoms with Crippen LogP contribution in [-0.2, 0) is 4.79 Å². The zero-order chi connectivity index (χ0) is 13.5. The number of carbonyl (C=O) groups is 1.